The van der Waals surface area contributed by atoms with Crippen molar-refractivity contribution < 1.29 is 27.5 Å². The highest BCUT2D eigenvalue weighted by molar-refractivity contribution is 5.92. The van der Waals surface area contributed by atoms with Crippen molar-refractivity contribution >= 4 is 12.0 Å². The van der Waals surface area contributed by atoms with Crippen LogP contribution in [0.1, 0.15) is 79.9 Å². The topological polar surface area (TPSA) is 85.3 Å². The number of fused-ring (bicyclic) bond motifs is 1. The van der Waals surface area contributed by atoms with Crippen LogP contribution < -0.4 is 10.6 Å². The van der Waals surface area contributed by atoms with Crippen molar-refractivity contribution in [1.29, 1.82) is 0 Å². The fraction of sp³-hybridized carbons (Fsp3) is 0.500. The van der Waals surface area contributed by atoms with Gasteiger partial charge in [-0.2, -0.15) is 18.3 Å². The van der Waals surface area contributed by atoms with Gasteiger partial charge in [-0.05, 0) is 64.3 Å². The van der Waals surface area contributed by atoms with Crippen LogP contribution in [0.2, 0.25) is 0 Å². The van der Waals surface area contributed by atoms with Gasteiger partial charge in [-0.15, -0.1) is 0 Å². The maximum absolute atomic E-state index is 13.0. The SMILES string of the molecule is C[C@@H](NC(=O)c1cc2n(n1)CCCC2NC(=O)OC(C)(C)C)c1cccc(C(F)(F)F)c1. The number of aromatic nitrogens is 2. The maximum atomic E-state index is 13.0. The second-order valence-corrected chi connectivity index (χ2v) is 8.84. The average Bonchev–Trinajstić information content (AvgIpc) is 3.11. The summed E-state index contributed by atoms with van der Waals surface area (Å²) in [4.78, 5) is 24.9. The molecule has 3 rings (SSSR count). The summed E-state index contributed by atoms with van der Waals surface area (Å²) in [5, 5.41) is 9.82. The fourth-order valence-corrected chi connectivity index (χ4v) is 3.53. The van der Waals surface area contributed by atoms with E-state index in [1.54, 1.807) is 38.4 Å². The summed E-state index contributed by atoms with van der Waals surface area (Å²) >= 11 is 0. The van der Waals surface area contributed by atoms with Gasteiger partial charge in [-0.1, -0.05) is 12.1 Å². The van der Waals surface area contributed by atoms with Gasteiger partial charge in [0.2, 0.25) is 0 Å². The molecule has 1 aromatic heterocycles. The van der Waals surface area contributed by atoms with Crippen LogP contribution in [0, 0.1) is 0 Å². The van der Waals surface area contributed by atoms with E-state index in [1.165, 1.54) is 12.1 Å². The first kappa shape index (κ1) is 23.6. The Hall–Kier alpha value is -3.04. The zero-order valence-corrected chi connectivity index (χ0v) is 18.4. The first-order valence-electron chi connectivity index (χ1n) is 10.4. The number of hydrogen-bond donors (Lipinski definition) is 2. The van der Waals surface area contributed by atoms with Gasteiger partial charge >= 0.3 is 12.3 Å². The Kier molecular flexibility index (Phi) is 6.52. The van der Waals surface area contributed by atoms with Crippen LogP contribution in [0.3, 0.4) is 0 Å². The number of halogens is 3. The van der Waals surface area contributed by atoms with Gasteiger partial charge in [-0.3, -0.25) is 9.48 Å². The number of hydrogen-bond acceptors (Lipinski definition) is 4. The Morgan fingerprint density at radius 3 is 2.59 bits per heavy atom. The molecule has 2 N–H and O–H groups in total. The van der Waals surface area contributed by atoms with Crippen molar-refractivity contribution in [2.45, 2.75) is 70.9 Å². The molecule has 0 radical (unpaired) electrons. The second-order valence-electron chi connectivity index (χ2n) is 8.84. The monoisotopic (exact) mass is 452 g/mol. The molecule has 32 heavy (non-hydrogen) atoms. The van der Waals surface area contributed by atoms with E-state index < -0.39 is 35.4 Å². The van der Waals surface area contributed by atoms with Gasteiger partial charge in [0.25, 0.3) is 5.91 Å². The number of nitrogens with zero attached hydrogens (tertiary/aromatic N) is 2. The van der Waals surface area contributed by atoms with E-state index >= 15 is 0 Å². The van der Waals surface area contributed by atoms with Gasteiger partial charge in [0.1, 0.15) is 5.60 Å². The number of amides is 2. The Balaban J connectivity index is 1.71. The highest BCUT2D eigenvalue weighted by Gasteiger charge is 2.31. The molecule has 7 nitrogen and oxygen atoms in total. The highest BCUT2D eigenvalue weighted by Crippen LogP contribution is 2.31. The summed E-state index contributed by atoms with van der Waals surface area (Å²) in [5.41, 5.74) is -0.259. The van der Waals surface area contributed by atoms with E-state index in [4.69, 9.17) is 4.74 Å². The lowest BCUT2D eigenvalue weighted by atomic mass is 10.0. The summed E-state index contributed by atoms with van der Waals surface area (Å²) in [6.07, 6.45) is -3.58. The van der Waals surface area contributed by atoms with Crippen LogP contribution in [-0.2, 0) is 17.5 Å². The standard InChI is InChI=1S/C22H27F3N4O3/c1-13(14-7-5-8-15(11-14)22(23,24)25)26-19(30)17-12-18-16(9-6-10-29(18)28-17)27-20(31)32-21(2,3)4/h5,7-8,11-13,16H,6,9-10H2,1-4H3,(H,26,30)(H,27,31)/t13-,16?/m1/s1. The van der Waals surface area contributed by atoms with Crippen molar-refractivity contribution in [2.75, 3.05) is 0 Å². The lowest BCUT2D eigenvalue weighted by Crippen LogP contribution is -2.37. The second kappa shape index (κ2) is 8.84. The molecule has 2 aromatic rings. The largest absolute Gasteiger partial charge is 0.444 e. The van der Waals surface area contributed by atoms with Gasteiger partial charge in [0.15, 0.2) is 5.69 Å². The van der Waals surface area contributed by atoms with Crippen LogP contribution >= 0.6 is 0 Å². The number of rotatable bonds is 4. The van der Waals surface area contributed by atoms with Gasteiger partial charge in [0, 0.05) is 6.54 Å². The Bertz CT molecular complexity index is 995. The summed E-state index contributed by atoms with van der Waals surface area (Å²) < 4.78 is 45.9. The molecule has 1 unspecified atom stereocenters. The lowest BCUT2D eigenvalue weighted by molar-refractivity contribution is -0.137. The predicted molar refractivity (Wildman–Crippen MR) is 111 cm³/mol. The van der Waals surface area contributed by atoms with E-state index in [2.05, 4.69) is 15.7 Å². The molecule has 0 aliphatic carbocycles. The number of nitrogens with one attached hydrogen (secondary N) is 2. The summed E-state index contributed by atoms with van der Waals surface area (Å²) in [5.74, 6) is -0.507. The lowest BCUT2D eigenvalue weighted by Gasteiger charge is -2.26. The minimum atomic E-state index is -4.46. The molecule has 1 aliphatic rings. The van der Waals surface area contributed by atoms with Crippen LogP contribution in [0.4, 0.5) is 18.0 Å². The normalized spacial score (nSPS) is 17.3. The van der Waals surface area contributed by atoms with Crippen LogP contribution in [0.15, 0.2) is 30.3 Å². The minimum absolute atomic E-state index is 0.136. The van der Waals surface area contributed by atoms with Gasteiger partial charge < -0.3 is 15.4 Å². The first-order chi connectivity index (χ1) is 14.8. The number of aryl methyl sites for hydroxylation is 1. The highest BCUT2D eigenvalue weighted by atomic mass is 19.4. The summed E-state index contributed by atoms with van der Waals surface area (Å²) in [6, 6.07) is 5.42. The van der Waals surface area contributed by atoms with E-state index in [1.807, 2.05) is 0 Å². The zero-order valence-electron chi connectivity index (χ0n) is 18.4. The zero-order chi connectivity index (χ0) is 23.7. The number of carbonyl (C=O) groups is 2. The molecular weight excluding hydrogens is 425 g/mol. The van der Waals surface area contributed by atoms with Crippen molar-refractivity contribution in [2.24, 2.45) is 0 Å². The fourth-order valence-electron chi connectivity index (χ4n) is 3.53. The van der Waals surface area contributed by atoms with E-state index in [0.29, 0.717) is 24.2 Å². The molecule has 0 saturated heterocycles. The summed E-state index contributed by atoms with van der Waals surface area (Å²) in [7, 11) is 0. The van der Waals surface area contributed by atoms with E-state index in [-0.39, 0.29) is 11.7 Å². The average molecular weight is 452 g/mol. The maximum Gasteiger partial charge on any atom is 0.416 e. The molecule has 0 saturated carbocycles. The van der Waals surface area contributed by atoms with Gasteiger partial charge in [-0.25, -0.2) is 4.79 Å². The summed E-state index contributed by atoms with van der Waals surface area (Å²) in [6.45, 7) is 7.51. The molecule has 1 aromatic carbocycles. The minimum Gasteiger partial charge on any atom is -0.444 e. The molecular formula is C22H27F3N4O3. The van der Waals surface area contributed by atoms with Crippen molar-refractivity contribution in [3.8, 4) is 0 Å². The molecule has 0 spiro atoms. The van der Waals surface area contributed by atoms with Crippen LogP contribution in [0.5, 0.6) is 0 Å². The molecule has 0 bridgehead atoms. The van der Waals surface area contributed by atoms with Crippen molar-refractivity contribution in [3.63, 3.8) is 0 Å². The number of ether oxygens (including phenoxy) is 1. The van der Waals surface area contributed by atoms with Crippen molar-refractivity contribution in [3.05, 3.63) is 52.8 Å². The van der Waals surface area contributed by atoms with Crippen molar-refractivity contribution in [1.82, 2.24) is 20.4 Å². The Morgan fingerprint density at radius 2 is 1.94 bits per heavy atom. The first-order valence-corrected chi connectivity index (χ1v) is 10.4. The Labute approximate surface area is 184 Å². The Morgan fingerprint density at radius 1 is 1.22 bits per heavy atom. The van der Waals surface area contributed by atoms with Crippen LogP contribution in [-0.4, -0.2) is 27.4 Å². The number of carbonyl (C=O) groups excluding carboxylic acids is 2. The molecule has 174 valence electrons. The van der Waals surface area contributed by atoms with Crippen LogP contribution in [0.25, 0.3) is 0 Å². The molecule has 2 atom stereocenters. The third kappa shape index (κ3) is 5.80. The molecule has 2 heterocycles. The molecule has 0 fully saturated rings. The third-order valence-electron chi connectivity index (χ3n) is 5.02. The predicted octanol–water partition coefficient (Wildman–Crippen LogP) is 4.75. The van der Waals surface area contributed by atoms with E-state index in [0.717, 1.165) is 18.6 Å². The number of alkyl carbamates (subject to hydrolysis) is 1. The van der Waals surface area contributed by atoms with E-state index in [9.17, 15) is 22.8 Å². The van der Waals surface area contributed by atoms with Gasteiger partial charge in [0.05, 0.1) is 23.3 Å². The number of benzene rings is 1. The smallest absolute Gasteiger partial charge is 0.416 e. The third-order valence-corrected chi connectivity index (χ3v) is 5.02. The molecule has 10 heteroatoms. The number of alkyl halides is 3. The molecule has 1 aliphatic heterocycles. The quantitative estimate of drug-likeness (QED) is 0.701. The molecule has 2 amide bonds.